The second-order valence-corrected chi connectivity index (χ2v) is 5.06. The Hall–Kier alpha value is -1.02. The first-order valence-corrected chi connectivity index (χ1v) is 6.46. The summed E-state index contributed by atoms with van der Waals surface area (Å²) in [6.07, 6.45) is 3.88. The Labute approximate surface area is 97.4 Å². The van der Waals surface area contributed by atoms with Crippen LogP contribution in [0.15, 0.2) is 18.2 Å². The fraction of sp³-hybridized carbons (Fsp3) is 0.571. The van der Waals surface area contributed by atoms with Crippen molar-refractivity contribution in [1.29, 1.82) is 0 Å². The van der Waals surface area contributed by atoms with Crippen LogP contribution in [0.25, 0.3) is 0 Å². The zero-order chi connectivity index (χ0) is 11.0. The predicted octanol–water partition coefficient (Wildman–Crippen LogP) is 2.54. The van der Waals surface area contributed by atoms with E-state index >= 15 is 0 Å². The van der Waals surface area contributed by atoms with E-state index in [0.717, 1.165) is 25.0 Å². The molecule has 1 aliphatic heterocycles. The fourth-order valence-corrected chi connectivity index (χ4v) is 2.65. The molecule has 2 nitrogen and oxygen atoms in total. The van der Waals surface area contributed by atoms with Crippen LogP contribution < -0.4 is 10.6 Å². The molecule has 0 saturated heterocycles. The van der Waals surface area contributed by atoms with Gasteiger partial charge in [0, 0.05) is 24.8 Å². The molecule has 0 bridgehead atoms. The lowest BCUT2D eigenvalue weighted by molar-refractivity contribution is 0.623. The molecule has 2 atom stereocenters. The van der Waals surface area contributed by atoms with Gasteiger partial charge >= 0.3 is 0 Å². The van der Waals surface area contributed by atoms with Crippen LogP contribution in [-0.2, 0) is 13.0 Å². The van der Waals surface area contributed by atoms with E-state index in [1.165, 1.54) is 36.1 Å². The summed E-state index contributed by atoms with van der Waals surface area (Å²) in [6, 6.07) is 7.63. The molecule has 1 aliphatic carbocycles. The molecule has 86 valence electrons. The van der Waals surface area contributed by atoms with E-state index in [0.29, 0.717) is 0 Å². The van der Waals surface area contributed by atoms with Gasteiger partial charge in [0.05, 0.1) is 0 Å². The maximum Gasteiger partial charge on any atom is 0.0376 e. The number of fused-ring (bicyclic) bond motifs is 1. The molecule has 16 heavy (non-hydrogen) atoms. The molecule has 0 spiro atoms. The molecule has 1 heterocycles. The lowest BCUT2D eigenvalue weighted by Gasteiger charge is -2.06. The average molecular weight is 216 g/mol. The minimum Gasteiger partial charge on any atom is -0.384 e. The molecule has 2 heteroatoms. The van der Waals surface area contributed by atoms with Gasteiger partial charge in [-0.2, -0.15) is 0 Å². The Morgan fingerprint density at radius 3 is 3.19 bits per heavy atom. The third-order valence-corrected chi connectivity index (χ3v) is 3.90. The molecule has 2 unspecified atom stereocenters. The summed E-state index contributed by atoms with van der Waals surface area (Å²) in [4.78, 5) is 0. The predicted molar refractivity (Wildman–Crippen MR) is 67.7 cm³/mol. The van der Waals surface area contributed by atoms with Crippen molar-refractivity contribution in [1.82, 2.24) is 5.32 Å². The Bertz CT molecular complexity index is 386. The van der Waals surface area contributed by atoms with Gasteiger partial charge in [-0.05, 0) is 36.0 Å². The molecule has 1 aromatic rings. The quantitative estimate of drug-likeness (QED) is 0.808. The fourth-order valence-electron chi connectivity index (χ4n) is 2.65. The van der Waals surface area contributed by atoms with Gasteiger partial charge in [-0.1, -0.05) is 25.5 Å². The second kappa shape index (κ2) is 4.10. The normalized spacial score (nSPS) is 26.3. The smallest absolute Gasteiger partial charge is 0.0376 e. The highest BCUT2D eigenvalue weighted by atomic mass is 15.0. The highest BCUT2D eigenvalue weighted by Gasteiger charge is 2.34. The van der Waals surface area contributed by atoms with Gasteiger partial charge in [-0.15, -0.1) is 0 Å². The molecule has 1 fully saturated rings. The number of hydrogen-bond acceptors (Lipinski definition) is 2. The van der Waals surface area contributed by atoms with E-state index in [1.807, 2.05) is 0 Å². The highest BCUT2D eigenvalue weighted by molar-refractivity contribution is 5.57. The molecular formula is C14H20N2. The first kappa shape index (κ1) is 10.2. The summed E-state index contributed by atoms with van der Waals surface area (Å²) in [5.41, 5.74) is 4.23. The Morgan fingerprint density at radius 2 is 2.38 bits per heavy atom. The van der Waals surface area contributed by atoms with Crippen LogP contribution in [0.4, 0.5) is 5.69 Å². The van der Waals surface area contributed by atoms with E-state index in [4.69, 9.17) is 0 Å². The topological polar surface area (TPSA) is 24.1 Å². The van der Waals surface area contributed by atoms with Gasteiger partial charge in [0.2, 0.25) is 0 Å². The van der Waals surface area contributed by atoms with Crippen LogP contribution in [0.3, 0.4) is 0 Å². The minimum absolute atomic E-state index is 0.784. The molecule has 2 aliphatic rings. The maximum atomic E-state index is 3.64. The zero-order valence-electron chi connectivity index (χ0n) is 9.92. The van der Waals surface area contributed by atoms with Gasteiger partial charge in [0.15, 0.2) is 0 Å². The van der Waals surface area contributed by atoms with Crippen molar-refractivity contribution in [3.63, 3.8) is 0 Å². The van der Waals surface area contributed by atoms with Crippen molar-refractivity contribution in [2.45, 2.75) is 38.8 Å². The molecule has 1 saturated carbocycles. The van der Waals surface area contributed by atoms with Crippen molar-refractivity contribution in [3.8, 4) is 0 Å². The third kappa shape index (κ3) is 1.94. The van der Waals surface area contributed by atoms with E-state index in [-0.39, 0.29) is 0 Å². The monoisotopic (exact) mass is 216 g/mol. The maximum absolute atomic E-state index is 3.64. The van der Waals surface area contributed by atoms with E-state index in [1.54, 1.807) is 0 Å². The Balaban J connectivity index is 1.59. The third-order valence-electron chi connectivity index (χ3n) is 3.90. The number of anilines is 1. The van der Waals surface area contributed by atoms with Gasteiger partial charge < -0.3 is 10.6 Å². The van der Waals surface area contributed by atoms with Crippen LogP contribution in [0.1, 0.15) is 30.9 Å². The largest absolute Gasteiger partial charge is 0.384 e. The summed E-state index contributed by atoms with van der Waals surface area (Å²) < 4.78 is 0. The zero-order valence-corrected chi connectivity index (χ0v) is 9.92. The molecule has 0 amide bonds. The van der Waals surface area contributed by atoms with Crippen LogP contribution in [0.2, 0.25) is 0 Å². The number of hydrogen-bond donors (Lipinski definition) is 2. The number of rotatable bonds is 4. The average Bonchev–Trinajstić information content (AvgIpc) is 2.93. The summed E-state index contributed by atoms with van der Waals surface area (Å²) in [6.45, 7) is 4.41. The second-order valence-electron chi connectivity index (χ2n) is 5.06. The van der Waals surface area contributed by atoms with Gasteiger partial charge in [-0.3, -0.25) is 0 Å². The van der Waals surface area contributed by atoms with Gasteiger partial charge in [0.25, 0.3) is 0 Å². The number of nitrogens with one attached hydrogen (secondary N) is 2. The lowest BCUT2D eigenvalue weighted by atomic mass is 10.1. The van der Waals surface area contributed by atoms with Crippen LogP contribution in [0.5, 0.6) is 0 Å². The molecule has 2 N–H and O–H groups in total. The Kier molecular flexibility index (Phi) is 2.60. The molecular weight excluding hydrogens is 196 g/mol. The SMILES string of the molecule is CCC1CC1NCc1ccc2c(c1)NCC2. The van der Waals surface area contributed by atoms with Crippen molar-refractivity contribution >= 4 is 5.69 Å². The van der Waals surface area contributed by atoms with E-state index < -0.39 is 0 Å². The van der Waals surface area contributed by atoms with Crippen molar-refractivity contribution in [2.24, 2.45) is 5.92 Å². The van der Waals surface area contributed by atoms with Crippen LogP contribution in [-0.4, -0.2) is 12.6 Å². The number of benzene rings is 1. The lowest BCUT2D eigenvalue weighted by Crippen LogP contribution is -2.17. The summed E-state index contributed by atoms with van der Waals surface area (Å²) in [5.74, 6) is 0.938. The van der Waals surface area contributed by atoms with Crippen LogP contribution in [0, 0.1) is 5.92 Å². The van der Waals surface area contributed by atoms with Crippen LogP contribution >= 0.6 is 0 Å². The van der Waals surface area contributed by atoms with Crippen molar-refractivity contribution < 1.29 is 0 Å². The Morgan fingerprint density at radius 1 is 1.44 bits per heavy atom. The highest BCUT2D eigenvalue weighted by Crippen LogP contribution is 2.33. The molecule has 0 aromatic heterocycles. The van der Waals surface area contributed by atoms with Gasteiger partial charge in [0.1, 0.15) is 0 Å². The molecule has 3 rings (SSSR count). The van der Waals surface area contributed by atoms with Crippen molar-refractivity contribution in [2.75, 3.05) is 11.9 Å². The summed E-state index contributed by atoms with van der Waals surface area (Å²) in [7, 11) is 0. The molecule has 0 radical (unpaired) electrons. The summed E-state index contributed by atoms with van der Waals surface area (Å²) >= 11 is 0. The minimum atomic E-state index is 0.784. The van der Waals surface area contributed by atoms with E-state index in [2.05, 4.69) is 35.8 Å². The summed E-state index contributed by atoms with van der Waals surface area (Å²) in [5, 5.41) is 7.07. The first-order chi connectivity index (χ1) is 7.86. The van der Waals surface area contributed by atoms with E-state index in [9.17, 15) is 0 Å². The van der Waals surface area contributed by atoms with Crippen molar-refractivity contribution in [3.05, 3.63) is 29.3 Å². The molecule has 1 aromatic carbocycles. The standard InChI is InChI=1S/C14H20N2/c1-2-11-8-14(11)16-9-10-3-4-12-5-6-15-13(12)7-10/h3-4,7,11,14-16H,2,5-6,8-9H2,1H3. The van der Waals surface area contributed by atoms with Gasteiger partial charge in [-0.25, -0.2) is 0 Å². The first-order valence-electron chi connectivity index (χ1n) is 6.46.